The molecule has 1 rings (SSSR count). The Bertz CT molecular complexity index is 471. The predicted octanol–water partition coefficient (Wildman–Crippen LogP) is 2.41. The number of hydrogen-bond acceptors (Lipinski definition) is 5. The summed E-state index contributed by atoms with van der Waals surface area (Å²) < 4.78 is 5.01. The number of nitrogens with one attached hydrogen (secondary N) is 1. The summed E-state index contributed by atoms with van der Waals surface area (Å²) in [7, 11) is 0. The van der Waals surface area contributed by atoms with Gasteiger partial charge in [-0.1, -0.05) is 13.8 Å². The van der Waals surface area contributed by atoms with E-state index in [1.54, 1.807) is 13.0 Å². The van der Waals surface area contributed by atoms with Gasteiger partial charge >= 0.3 is 5.97 Å². The maximum atomic E-state index is 11.9. The standard InChI is InChI=1S/C14H22N2O3S/c1-4-10-7-11(14(18)19-5-2)13(20-10)16-12(17)6-9(3)8-15/h7,9H,4-6,8,15H2,1-3H3,(H,16,17). The number of anilines is 1. The average Bonchev–Trinajstić information content (AvgIpc) is 2.81. The first-order valence-electron chi connectivity index (χ1n) is 6.81. The summed E-state index contributed by atoms with van der Waals surface area (Å²) in [4.78, 5) is 24.8. The molecule has 0 aliphatic rings. The van der Waals surface area contributed by atoms with Crippen LogP contribution < -0.4 is 11.1 Å². The second-order valence-corrected chi connectivity index (χ2v) is 5.76. The van der Waals surface area contributed by atoms with Gasteiger partial charge in [-0.2, -0.15) is 0 Å². The maximum Gasteiger partial charge on any atom is 0.341 e. The molecule has 0 fully saturated rings. The smallest absolute Gasteiger partial charge is 0.341 e. The average molecular weight is 298 g/mol. The molecule has 1 heterocycles. The van der Waals surface area contributed by atoms with Crippen molar-refractivity contribution in [1.29, 1.82) is 0 Å². The summed E-state index contributed by atoms with van der Waals surface area (Å²) in [6, 6.07) is 1.78. The van der Waals surface area contributed by atoms with Crippen LogP contribution in [-0.2, 0) is 16.0 Å². The quantitative estimate of drug-likeness (QED) is 0.757. The van der Waals surface area contributed by atoms with Crippen LogP contribution in [0.15, 0.2) is 6.07 Å². The number of hydrogen-bond donors (Lipinski definition) is 2. The van der Waals surface area contributed by atoms with Gasteiger partial charge in [-0.05, 0) is 31.9 Å². The maximum absolute atomic E-state index is 11.9. The van der Waals surface area contributed by atoms with Crippen LogP contribution in [0.5, 0.6) is 0 Å². The Kier molecular flexibility index (Phi) is 6.67. The second kappa shape index (κ2) is 8.01. The molecule has 1 atom stereocenters. The van der Waals surface area contributed by atoms with Crippen molar-refractivity contribution in [3.63, 3.8) is 0 Å². The fourth-order valence-corrected chi connectivity index (χ4v) is 2.65. The molecule has 0 radical (unpaired) electrons. The molecule has 5 nitrogen and oxygen atoms in total. The van der Waals surface area contributed by atoms with Gasteiger partial charge in [0.2, 0.25) is 5.91 Å². The summed E-state index contributed by atoms with van der Waals surface area (Å²) in [5, 5.41) is 3.36. The summed E-state index contributed by atoms with van der Waals surface area (Å²) >= 11 is 1.41. The predicted molar refractivity (Wildman–Crippen MR) is 81.1 cm³/mol. The van der Waals surface area contributed by atoms with Gasteiger partial charge in [0.25, 0.3) is 0 Å². The van der Waals surface area contributed by atoms with Gasteiger partial charge in [-0.15, -0.1) is 11.3 Å². The van der Waals surface area contributed by atoms with Crippen molar-refractivity contribution < 1.29 is 14.3 Å². The van der Waals surface area contributed by atoms with Crippen molar-refractivity contribution >= 4 is 28.2 Å². The van der Waals surface area contributed by atoms with Crippen LogP contribution in [0.3, 0.4) is 0 Å². The van der Waals surface area contributed by atoms with Gasteiger partial charge in [-0.3, -0.25) is 4.79 Å². The van der Waals surface area contributed by atoms with Gasteiger partial charge in [0.15, 0.2) is 0 Å². The minimum atomic E-state index is -0.398. The van der Waals surface area contributed by atoms with E-state index in [0.717, 1.165) is 11.3 Å². The highest BCUT2D eigenvalue weighted by molar-refractivity contribution is 7.16. The molecule has 0 saturated carbocycles. The Morgan fingerprint density at radius 2 is 2.15 bits per heavy atom. The molecule has 6 heteroatoms. The van der Waals surface area contributed by atoms with Crippen molar-refractivity contribution in [1.82, 2.24) is 0 Å². The topological polar surface area (TPSA) is 81.4 Å². The van der Waals surface area contributed by atoms with Crippen molar-refractivity contribution in [3.05, 3.63) is 16.5 Å². The first-order valence-corrected chi connectivity index (χ1v) is 7.63. The van der Waals surface area contributed by atoms with E-state index in [9.17, 15) is 9.59 Å². The van der Waals surface area contributed by atoms with E-state index in [1.165, 1.54) is 11.3 Å². The number of nitrogens with two attached hydrogens (primary N) is 1. The van der Waals surface area contributed by atoms with E-state index in [-0.39, 0.29) is 11.8 Å². The largest absolute Gasteiger partial charge is 0.462 e. The fourth-order valence-electron chi connectivity index (χ4n) is 1.65. The molecule has 0 aromatic carbocycles. The minimum Gasteiger partial charge on any atom is -0.462 e. The summed E-state index contributed by atoms with van der Waals surface area (Å²) in [5.74, 6) is -0.407. The molecule has 1 unspecified atom stereocenters. The van der Waals surface area contributed by atoms with Crippen LogP contribution in [0.25, 0.3) is 0 Å². The highest BCUT2D eigenvalue weighted by Gasteiger charge is 2.19. The number of amides is 1. The van der Waals surface area contributed by atoms with Gasteiger partial charge in [0.1, 0.15) is 5.00 Å². The number of ether oxygens (including phenoxy) is 1. The number of rotatable bonds is 7. The molecular formula is C14H22N2O3S. The Hall–Kier alpha value is -1.40. The molecule has 0 aliphatic heterocycles. The lowest BCUT2D eigenvalue weighted by atomic mass is 10.1. The van der Waals surface area contributed by atoms with E-state index in [0.29, 0.717) is 30.1 Å². The van der Waals surface area contributed by atoms with Crippen LogP contribution in [0.2, 0.25) is 0 Å². The molecule has 1 aromatic heterocycles. The third kappa shape index (κ3) is 4.61. The van der Waals surface area contributed by atoms with Crippen LogP contribution in [0, 0.1) is 5.92 Å². The molecule has 0 saturated heterocycles. The lowest BCUT2D eigenvalue weighted by Crippen LogP contribution is -2.20. The molecule has 1 amide bonds. The van der Waals surface area contributed by atoms with E-state index in [1.807, 2.05) is 13.8 Å². The molecular weight excluding hydrogens is 276 g/mol. The lowest BCUT2D eigenvalue weighted by Gasteiger charge is -2.09. The number of aryl methyl sites for hydroxylation is 1. The Morgan fingerprint density at radius 3 is 2.70 bits per heavy atom. The SMILES string of the molecule is CCOC(=O)c1cc(CC)sc1NC(=O)CC(C)CN. The minimum absolute atomic E-state index is 0.117. The van der Waals surface area contributed by atoms with Crippen LogP contribution in [0.4, 0.5) is 5.00 Å². The zero-order valence-electron chi connectivity index (χ0n) is 12.2. The molecule has 0 spiro atoms. The zero-order chi connectivity index (χ0) is 15.1. The lowest BCUT2D eigenvalue weighted by molar-refractivity contribution is -0.116. The van der Waals surface area contributed by atoms with Crippen molar-refractivity contribution in [3.8, 4) is 0 Å². The molecule has 0 bridgehead atoms. The number of esters is 1. The third-order valence-corrected chi connectivity index (χ3v) is 4.01. The normalized spacial score (nSPS) is 12.0. The summed E-state index contributed by atoms with van der Waals surface area (Å²) in [5.41, 5.74) is 5.94. The van der Waals surface area contributed by atoms with Gasteiger partial charge < -0.3 is 15.8 Å². The van der Waals surface area contributed by atoms with Gasteiger partial charge in [0, 0.05) is 11.3 Å². The molecule has 0 aliphatic carbocycles. The van der Waals surface area contributed by atoms with Crippen LogP contribution in [-0.4, -0.2) is 25.0 Å². The molecule has 20 heavy (non-hydrogen) atoms. The van der Waals surface area contributed by atoms with E-state index in [4.69, 9.17) is 10.5 Å². The van der Waals surface area contributed by atoms with Crippen molar-refractivity contribution in [2.45, 2.75) is 33.6 Å². The number of thiophene rings is 1. The van der Waals surface area contributed by atoms with Crippen LogP contribution >= 0.6 is 11.3 Å². The Balaban J connectivity index is 2.84. The Labute approximate surface area is 123 Å². The number of carbonyl (C=O) groups is 2. The van der Waals surface area contributed by atoms with E-state index < -0.39 is 5.97 Å². The van der Waals surface area contributed by atoms with Crippen molar-refractivity contribution in [2.75, 3.05) is 18.5 Å². The highest BCUT2D eigenvalue weighted by atomic mass is 32.1. The zero-order valence-corrected chi connectivity index (χ0v) is 13.0. The highest BCUT2D eigenvalue weighted by Crippen LogP contribution is 2.29. The molecule has 112 valence electrons. The fraction of sp³-hybridized carbons (Fsp3) is 0.571. The molecule has 3 N–H and O–H groups in total. The van der Waals surface area contributed by atoms with Crippen molar-refractivity contribution in [2.24, 2.45) is 11.7 Å². The first kappa shape index (κ1) is 16.7. The van der Waals surface area contributed by atoms with E-state index >= 15 is 0 Å². The summed E-state index contributed by atoms with van der Waals surface area (Å²) in [6.45, 7) is 6.45. The van der Waals surface area contributed by atoms with Gasteiger partial charge in [0.05, 0.1) is 12.2 Å². The third-order valence-electron chi connectivity index (χ3n) is 2.82. The monoisotopic (exact) mass is 298 g/mol. The first-order chi connectivity index (χ1) is 9.51. The second-order valence-electron chi connectivity index (χ2n) is 4.62. The summed E-state index contributed by atoms with van der Waals surface area (Å²) in [6.07, 6.45) is 1.16. The number of carbonyl (C=O) groups excluding carboxylic acids is 2. The van der Waals surface area contributed by atoms with Gasteiger partial charge in [-0.25, -0.2) is 4.79 Å². The molecule has 1 aromatic rings. The van der Waals surface area contributed by atoms with E-state index in [2.05, 4.69) is 5.32 Å². The Morgan fingerprint density at radius 1 is 1.45 bits per heavy atom. The van der Waals surface area contributed by atoms with Crippen LogP contribution in [0.1, 0.15) is 42.4 Å².